The lowest BCUT2D eigenvalue weighted by Crippen LogP contribution is -2.24. The average molecular weight is 235 g/mol. The van der Waals surface area contributed by atoms with Crippen molar-refractivity contribution in [2.75, 3.05) is 6.61 Å². The van der Waals surface area contributed by atoms with Gasteiger partial charge in [-0.3, -0.25) is 9.63 Å². The Morgan fingerprint density at radius 1 is 1.47 bits per heavy atom. The van der Waals surface area contributed by atoms with Gasteiger partial charge in [-0.15, -0.1) is 0 Å². The van der Waals surface area contributed by atoms with E-state index in [4.69, 9.17) is 9.57 Å². The van der Waals surface area contributed by atoms with Crippen LogP contribution in [0.15, 0.2) is 18.2 Å². The molecule has 0 saturated carbocycles. The summed E-state index contributed by atoms with van der Waals surface area (Å²) in [5.74, 6) is 0.736. The number of fused-ring (bicyclic) bond motifs is 1. The summed E-state index contributed by atoms with van der Waals surface area (Å²) >= 11 is 0. The number of nitrogens with one attached hydrogen (secondary N) is 1. The molecule has 4 heteroatoms. The number of ether oxygens (including phenoxy) is 1. The van der Waals surface area contributed by atoms with Crippen LogP contribution in [0.1, 0.15) is 42.6 Å². The molecule has 1 aliphatic rings. The van der Waals surface area contributed by atoms with E-state index in [-0.39, 0.29) is 12.0 Å². The molecule has 92 valence electrons. The first kappa shape index (κ1) is 11.9. The molecule has 1 heterocycles. The molecule has 0 aromatic heterocycles. The predicted octanol–water partition coefficient (Wildman–Crippen LogP) is 2.25. The zero-order valence-corrected chi connectivity index (χ0v) is 10.3. The molecule has 0 fully saturated rings. The minimum atomic E-state index is -0.259. The summed E-state index contributed by atoms with van der Waals surface area (Å²) in [5.41, 5.74) is 4.01. The molecule has 1 N–H and O–H groups in total. The van der Waals surface area contributed by atoms with E-state index in [1.807, 2.05) is 26.0 Å². The fourth-order valence-electron chi connectivity index (χ4n) is 1.96. The highest BCUT2D eigenvalue weighted by Gasteiger charge is 2.30. The minimum absolute atomic E-state index is 0.103. The summed E-state index contributed by atoms with van der Waals surface area (Å²) in [6.07, 6.45) is 0.103. The molecule has 1 amide bonds. The largest absolute Gasteiger partial charge is 0.489 e. The van der Waals surface area contributed by atoms with Crippen molar-refractivity contribution in [1.82, 2.24) is 5.48 Å². The highest BCUT2D eigenvalue weighted by molar-refractivity contribution is 5.97. The van der Waals surface area contributed by atoms with E-state index >= 15 is 0 Å². The summed E-state index contributed by atoms with van der Waals surface area (Å²) < 4.78 is 5.73. The van der Waals surface area contributed by atoms with Crippen LogP contribution in [0.4, 0.5) is 0 Å². The Morgan fingerprint density at radius 3 is 2.94 bits per heavy atom. The van der Waals surface area contributed by atoms with Crippen molar-refractivity contribution in [3.63, 3.8) is 0 Å². The molecule has 2 rings (SSSR count). The van der Waals surface area contributed by atoms with Gasteiger partial charge >= 0.3 is 0 Å². The maximum absolute atomic E-state index is 11.9. The van der Waals surface area contributed by atoms with Crippen LogP contribution in [0.3, 0.4) is 0 Å². The van der Waals surface area contributed by atoms with Crippen LogP contribution in [0.2, 0.25) is 0 Å². The monoisotopic (exact) mass is 235 g/mol. The second-order valence-corrected chi connectivity index (χ2v) is 4.20. The van der Waals surface area contributed by atoms with Crippen LogP contribution in [-0.4, -0.2) is 18.6 Å². The van der Waals surface area contributed by atoms with Crippen LogP contribution in [0, 0.1) is 0 Å². The van der Waals surface area contributed by atoms with Gasteiger partial charge in [0.25, 0.3) is 5.91 Å². The van der Waals surface area contributed by atoms with Gasteiger partial charge < -0.3 is 4.74 Å². The first-order valence-corrected chi connectivity index (χ1v) is 5.86. The van der Waals surface area contributed by atoms with Gasteiger partial charge in [0.15, 0.2) is 0 Å². The van der Waals surface area contributed by atoms with E-state index in [9.17, 15) is 4.79 Å². The summed E-state index contributed by atoms with van der Waals surface area (Å²) in [4.78, 5) is 16.8. The van der Waals surface area contributed by atoms with E-state index in [0.717, 1.165) is 5.56 Å². The number of rotatable bonds is 3. The summed E-state index contributed by atoms with van der Waals surface area (Å²) in [7, 11) is 0. The van der Waals surface area contributed by atoms with Crippen molar-refractivity contribution in [2.45, 2.75) is 32.8 Å². The topological polar surface area (TPSA) is 47.6 Å². The van der Waals surface area contributed by atoms with Crippen LogP contribution >= 0.6 is 0 Å². The van der Waals surface area contributed by atoms with Gasteiger partial charge in [-0.1, -0.05) is 19.1 Å². The molecular weight excluding hydrogens is 218 g/mol. The molecule has 4 nitrogen and oxygen atoms in total. The highest BCUT2D eigenvalue weighted by atomic mass is 16.6. The average Bonchev–Trinajstić information content (AvgIpc) is 2.62. The number of carbonyl (C=O) groups is 1. The van der Waals surface area contributed by atoms with Crippen molar-refractivity contribution < 1.29 is 14.4 Å². The molecule has 2 atom stereocenters. The number of benzene rings is 1. The lowest BCUT2D eigenvalue weighted by atomic mass is 9.97. The summed E-state index contributed by atoms with van der Waals surface area (Å²) in [5, 5.41) is 0. The SMILES string of the molecule is CCONC(=O)c1cccc2c1OC(C)C2C. The third kappa shape index (κ3) is 2.13. The molecule has 0 saturated heterocycles. The third-order valence-electron chi connectivity index (χ3n) is 3.10. The Bertz CT molecular complexity index is 431. The fraction of sp³-hybridized carbons (Fsp3) is 0.462. The quantitative estimate of drug-likeness (QED) is 0.817. The smallest absolute Gasteiger partial charge is 0.278 e. The first-order valence-electron chi connectivity index (χ1n) is 5.86. The zero-order chi connectivity index (χ0) is 12.4. The van der Waals surface area contributed by atoms with E-state index < -0.39 is 0 Å². The molecule has 0 radical (unpaired) electrons. The number of hydroxylamine groups is 1. The van der Waals surface area contributed by atoms with E-state index in [2.05, 4.69) is 12.4 Å². The minimum Gasteiger partial charge on any atom is -0.489 e. The lowest BCUT2D eigenvalue weighted by Gasteiger charge is -2.09. The number of amides is 1. The van der Waals surface area contributed by atoms with Crippen LogP contribution < -0.4 is 10.2 Å². The van der Waals surface area contributed by atoms with Crippen LogP contribution in [-0.2, 0) is 4.84 Å². The maximum Gasteiger partial charge on any atom is 0.278 e. The summed E-state index contributed by atoms with van der Waals surface area (Å²) in [6.45, 7) is 6.36. The Morgan fingerprint density at radius 2 is 2.24 bits per heavy atom. The van der Waals surface area contributed by atoms with Gasteiger partial charge in [-0.25, -0.2) is 5.48 Å². The van der Waals surface area contributed by atoms with Gasteiger partial charge in [-0.05, 0) is 19.9 Å². The van der Waals surface area contributed by atoms with E-state index in [1.54, 1.807) is 6.07 Å². The zero-order valence-electron chi connectivity index (χ0n) is 10.3. The molecule has 0 spiro atoms. The van der Waals surface area contributed by atoms with Crippen molar-refractivity contribution in [1.29, 1.82) is 0 Å². The van der Waals surface area contributed by atoms with Crippen LogP contribution in [0.5, 0.6) is 5.75 Å². The Kier molecular flexibility index (Phi) is 3.33. The number of para-hydroxylation sites is 1. The van der Waals surface area contributed by atoms with Crippen molar-refractivity contribution in [3.8, 4) is 5.75 Å². The molecule has 0 aliphatic carbocycles. The summed E-state index contributed by atoms with van der Waals surface area (Å²) in [6, 6.07) is 5.62. The number of hydrogen-bond donors (Lipinski definition) is 1. The fourth-order valence-corrected chi connectivity index (χ4v) is 1.96. The Balaban J connectivity index is 2.29. The van der Waals surface area contributed by atoms with Crippen molar-refractivity contribution >= 4 is 5.91 Å². The predicted molar refractivity (Wildman–Crippen MR) is 64.0 cm³/mol. The maximum atomic E-state index is 11.9. The van der Waals surface area contributed by atoms with Gasteiger partial charge in [0.05, 0.1) is 12.2 Å². The number of hydrogen-bond acceptors (Lipinski definition) is 3. The molecule has 1 aromatic rings. The molecule has 1 aliphatic heterocycles. The number of carbonyl (C=O) groups excluding carboxylic acids is 1. The molecule has 0 bridgehead atoms. The van der Waals surface area contributed by atoms with Gasteiger partial charge in [0.2, 0.25) is 0 Å². The second kappa shape index (κ2) is 4.75. The second-order valence-electron chi connectivity index (χ2n) is 4.20. The van der Waals surface area contributed by atoms with Crippen molar-refractivity contribution in [3.05, 3.63) is 29.3 Å². The molecule has 2 unspecified atom stereocenters. The first-order chi connectivity index (χ1) is 8.15. The lowest BCUT2D eigenvalue weighted by molar-refractivity contribution is 0.0361. The van der Waals surface area contributed by atoms with Crippen molar-refractivity contribution in [2.24, 2.45) is 0 Å². The van der Waals surface area contributed by atoms with E-state index in [0.29, 0.717) is 23.8 Å². The Hall–Kier alpha value is -1.55. The van der Waals surface area contributed by atoms with Gasteiger partial charge in [-0.2, -0.15) is 0 Å². The third-order valence-corrected chi connectivity index (χ3v) is 3.10. The van der Waals surface area contributed by atoms with Gasteiger partial charge in [0.1, 0.15) is 11.9 Å². The van der Waals surface area contributed by atoms with Crippen LogP contribution in [0.25, 0.3) is 0 Å². The standard InChI is InChI=1S/C13H17NO3/c1-4-16-14-13(15)11-7-5-6-10-8(2)9(3)17-12(10)11/h5-9H,4H2,1-3H3,(H,14,15). The van der Waals surface area contributed by atoms with E-state index in [1.165, 1.54) is 0 Å². The Labute approximate surface area is 101 Å². The van der Waals surface area contributed by atoms with Gasteiger partial charge in [0, 0.05) is 11.5 Å². The molecule has 17 heavy (non-hydrogen) atoms. The molecule has 1 aromatic carbocycles. The highest BCUT2D eigenvalue weighted by Crippen LogP contribution is 2.40. The normalized spacial score (nSPS) is 21.8. The molecular formula is C13H17NO3.